The molecule has 0 saturated carbocycles. The van der Waals surface area contributed by atoms with Gasteiger partial charge in [-0.15, -0.1) is 11.6 Å². The van der Waals surface area contributed by atoms with E-state index in [0.29, 0.717) is 19.3 Å². The molecule has 3 rings (SSSR count). The van der Waals surface area contributed by atoms with Gasteiger partial charge in [-0.2, -0.15) is 8.42 Å². The molecule has 22 heteroatoms. The highest BCUT2D eigenvalue weighted by Crippen LogP contribution is 2.35. The number of carbonyl (C=O) groups excluding carboxylic acids is 2. The van der Waals surface area contributed by atoms with Crippen LogP contribution in [0.1, 0.15) is 58.8 Å². The lowest BCUT2D eigenvalue weighted by Gasteiger charge is -2.50. The molecular formula is C30H52ClNO19S. The Morgan fingerprint density at radius 3 is 1.96 bits per heavy atom. The van der Waals surface area contributed by atoms with Crippen molar-refractivity contribution in [1.82, 2.24) is 5.32 Å². The molecule has 0 aliphatic carbocycles. The van der Waals surface area contributed by atoms with E-state index >= 15 is 0 Å². The molecule has 0 spiro atoms. The number of halogens is 1. The van der Waals surface area contributed by atoms with Gasteiger partial charge >= 0.3 is 16.4 Å². The van der Waals surface area contributed by atoms with Crippen LogP contribution in [-0.2, 0) is 57.3 Å². The fourth-order valence-electron chi connectivity index (χ4n) is 6.12. The van der Waals surface area contributed by atoms with E-state index in [1.54, 1.807) is 0 Å². The summed E-state index contributed by atoms with van der Waals surface area (Å²) in [5, 5.41) is 65.5. The van der Waals surface area contributed by atoms with E-state index in [2.05, 4.69) is 14.2 Å². The number of carbonyl (C=O) groups is 2. The Morgan fingerprint density at radius 2 is 1.37 bits per heavy atom. The molecule has 3 aliphatic heterocycles. The van der Waals surface area contributed by atoms with Crippen LogP contribution < -0.4 is 5.32 Å². The maximum absolute atomic E-state index is 12.5. The number of ether oxygens (including phenoxy) is 7. The monoisotopic (exact) mass is 797 g/mol. The van der Waals surface area contributed by atoms with Gasteiger partial charge in [0.15, 0.2) is 18.9 Å². The lowest BCUT2D eigenvalue weighted by molar-refractivity contribution is -0.369. The first-order valence-corrected chi connectivity index (χ1v) is 18.9. The minimum atomic E-state index is -5.25. The van der Waals surface area contributed by atoms with Crippen LogP contribution in [0, 0.1) is 0 Å². The van der Waals surface area contributed by atoms with Crippen LogP contribution in [0.15, 0.2) is 0 Å². The van der Waals surface area contributed by atoms with E-state index < -0.39 is 115 Å². The summed E-state index contributed by atoms with van der Waals surface area (Å²) in [6, 6.07) is -1.28. The van der Waals surface area contributed by atoms with Crippen LogP contribution in [0.2, 0.25) is 0 Å². The molecule has 0 aromatic rings. The SMILES string of the molecule is COC(=O)CCCCCCCCO[C@@H]1O[C@H](CCl)[C@@H](O[C@@H]2O[C@H](CO)[C@H](O)[C@H](OS(=O)(=O)O)[C@H]2O)[C@H](O[C@@H]2O[C@@H](C)[C@@H](O)[C@@H](O)[C@@H]2O)[C@H]1NC(C)=O. The van der Waals surface area contributed by atoms with Crippen molar-refractivity contribution in [2.24, 2.45) is 0 Å². The average Bonchev–Trinajstić information content (AvgIpc) is 3.09. The quantitative estimate of drug-likeness (QED) is 0.0292. The minimum absolute atomic E-state index is 0.135. The van der Waals surface area contributed by atoms with Crippen molar-refractivity contribution < 1.29 is 90.5 Å². The molecule has 3 aliphatic rings. The highest BCUT2D eigenvalue weighted by Gasteiger charge is 2.55. The van der Waals surface area contributed by atoms with Gasteiger partial charge in [0.2, 0.25) is 5.91 Å². The van der Waals surface area contributed by atoms with E-state index in [-0.39, 0.29) is 18.5 Å². The van der Waals surface area contributed by atoms with Gasteiger partial charge in [0.1, 0.15) is 67.1 Å². The van der Waals surface area contributed by atoms with Crippen LogP contribution >= 0.6 is 11.6 Å². The molecule has 20 nitrogen and oxygen atoms in total. The van der Waals surface area contributed by atoms with Crippen LogP contribution in [0.4, 0.5) is 0 Å². The third kappa shape index (κ3) is 12.6. The summed E-state index contributed by atoms with van der Waals surface area (Å²) in [7, 11) is -3.91. The van der Waals surface area contributed by atoms with E-state index in [9.17, 15) is 53.2 Å². The van der Waals surface area contributed by atoms with Crippen molar-refractivity contribution >= 4 is 33.9 Å². The highest BCUT2D eigenvalue weighted by atomic mass is 35.5. The molecule has 0 radical (unpaired) electrons. The van der Waals surface area contributed by atoms with E-state index in [0.717, 1.165) is 25.7 Å². The zero-order valence-corrected chi connectivity index (χ0v) is 30.6. The number of rotatable bonds is 19. The number of hydrogen-bond acceptors (Lipinski definition) is 18. The van der Waals surface area contributed by atoms with Crippen molar-refractivity contribution in [3.05, 3.63) is 0 Å². The van der Waals surface area contributed by atoms with Gasteiger partial charge in [-0.1, -0.05) is 25.7 Å². The molecule has 1 amide bonds. The second kappa shape index (κ2) is 21.1. The number of esters is 1. The van der Waals surface area contributed by atoms with Gasteiger partial charge < -0.3 is 69.1 Å². The molecule has 3 fully saturated rings. The van der Waals surface area contributed by atoms with E-state index in [1.807, 2.05) is 0 Å². The molecule has 304 valence electrons. The van der Waals surface area contributed by atoms with Gasteiger partial charge in [-0.05, 0) is 19.8 Å². The number of aliphatic hydroxyl groups excluding tert-OH is 6. The lowest BCUT2D eigenvalue weighted by Crippen LogP contribution is -2.69. The Kier molecular flexibility index (Phi) is 18.2. The molecule has 0 unspecified atom stereocenters. The number of aliphatic hydroxyl groups is 6. The van der Waals surface area contributed by atoms with Gasteiger partial charge in [-0.3, -0.25) is 14.1 Å². The van der Waals surface area contributed by atoms with Crippen molar-refractivity contribution in [3.63, 3.8) is 0 Å². The summed E-state index contributed by atoms with van der Waals surface area (Å²) in [6.07, 6.45) is -18.0. The number of alkyl halides is 1. The number of hydrogen-bond donors (Lipinski definition) is 8. The maximum Gasteiger partial charge on any atom is 0.397 e. The summed E-state index contributed by atoms with van der Waals surface area (Å²) in [6.45, 7) is 1.81. The van der Waals surface area contributed by atoms with Gasteiger partial charge in [0, 0.05) is 20.0 Å². The third-order valence-corrected chi connectivity index (χ3v) is 9.67. The zero-order valence-electron chi connectivity index (χ0n) is 29.0. The summed E-state index contributed by atoms with van der Waals surface area (Å²) >= 11 is 6.31. The van der Waals surface area contributed by atoms with Crippen LogP contribution in [0.25, 0.3) is 0 Å². The Balaban J connectivity index is 1.86. The van der Waals surface area contributed by atoms with Crippen LogP contribution in [0.3, 0.4) is 0 Å². The number of unbranched alkanes of at least 4 members (excludes halogenated alkanes) is 5. The molecule has 3 saturated heterocycles. The maximum atomic E-state index is 12.5. The Bertz CT molecular complexity index is 1220. The number of methoxy groups -OCH3 is 1. The normalized spacial score (nSPS) is 38.5. The zero-order chi connectivity index (χ0) is 38.7. The molecule has 8 N–H and O–H groups in total. The Morgan fingerprint density at radius 1 is 0.769 bits per heavy atom. The smallest absolute Gasteiger partial charge is 0.397 e. The summed E-state index contributed by atoms with van der Waals surface area (Å²) in [4.78, 5) is 23.8. The number of nitrogens with one attached hydrogen (secondary N) is 1. The fraction of sp³-hybridized carbons (Fsp3) is 0.933. The van der Waals surface area contributed by atoms with Gasteiger partial charge in [0.25, 0.3) is 0 Å². The van der Waals surface area contributed by atoms with Gasteiger partial charge in [-0.25, -0.2) is 4.18 Å². The second-order valence-corrected chi connectivity index (χ2v) is 14.2. The first-order chi connectivity index (χ1) is 24.5. The molecule has 0 aromatic heterocycles. The summed E-state index contributed by atoms with van der Waals surface area (Å²) in [5.41, 5.74) is 0. The summed E-state index contributed by atoms with van der Waals surface area (Å²) in [5.74, 6) is -1.22. The largest absolute Gasteiger partial charge is 0.469 e. The van der Waals surface area contributed by atoms with Crippen molar-refractivity contribution in [2.75, 3.05) is 26.2 Å². The van der Waals surface area contributed by atoms with Crippen LogP contribution in [-0.4, -0.2) is 174 Å². The Hall–Kier alpha value is -1.38. The van der Waals surface area contributed by atoms with E-state index in [1.165, 1.54) is 21.0 Å². The van der Waals surface area contributed by atoms with Crippen LogP contribution in [0.5, 0.6) is 0 Å². The van der Waals surface area contributed by atoms with Gasteiger partial charge in [0.05, 0.1) is 25.7 Å². The molecule has 52 heavy (non-hydrogen) atoms. The first-order valence-electron chi connectivity index (χ1n) is 17.0. The molecule has 0 aromatic carbocycles. The van der Waals surface area contributed by atoms with E-state index in [4.69, 9.17) is 40.0 Å². The predicted octanol–water partition coefficient (Wildman–Crippen LogP) is -2.40. The van der Waals surface area contributed by atoms with Crippen molar-refractivity contribution in [1.29, 1.82) is 0 Å². The number of amides is 1. The predicted molar refractivity (Wildman–Crippen MR) is 174 cm³/mol. The molecule has 15 atom stereocenters. The first kappa shape index (κ1) is 45.0. The standard InChI is InChI=1S/C30H52ClNO19S/c1-14-20(36)22(38)23(39)29(46-14)50-26-19(32-15(2)34)28(45-11-9-7-5-4-6-8-10-18(35)44-3)47-16(12-31)25(26)49-30-24(40)27(51-52(41,42)43)21(37)17(13-33)48-30/h14,16-17,19-30,33,36-40H,4-13H2,1-3H3,(H,32,34)(H,41,42,43)/t14-,16+,17+,19+,20+,21-,22+,23-,24+,25+,26+,27-,28+,29-,30-/m0/s1. The molecular weight excluding hydrogens is 746 g/mol. The Labute approximate surface area is 306 Å². The second-order valence-electron chi connectivity index (χ2n) is 12.8. The lowest BCUT2D eigenvalue weighted by atomic mass is 9.94. The molecule has 0 bridgehead atoms. The highest BCUT2D eigenvalue weighted by molar-refractivity contribution is 7.80. The topological polar surface area (TPSA) is 296 Å². The average molecular weight is 798 g/mol. The fourth-order valence-corrected chi connectivity index (χ4v) is 6.88. The van der Waals surface area contributed by atoms with Crippen molar-refractivity contribution in [3.8, 4) is 0 Å². The molecule has 3 heterocycles. The third-order valence-electron chi connectivity index (χ3n) is 8.90. The van der Waals surface area contributed by atoms with Crippen molar-refractivity contribution in [2.45, 2.75) is 151 Å². The minimum Gasteiger partial charge on any atom is -0.469 e. The summed E-state index contributed by atoms with van der Waals surface area (Å²) < 4.78 is 76.9.